The number of fused-ring (bicyclic) bond motifs is 1. The van der Waals surface area contributed by atoms with E-state index in [1.807, 2.05) is 24.3 Å². The molecule has 1 heterocycles. The van der Waals surface area contributed by atoms with E-state index in [0.29, 0.717) is 12.3 Å². The van der Waals surface area contributed by atoms with Gasteiger partial charge in [-0.2, -0.15) is 0 Å². The van der Waals surface area contributed by atoms with Crippen molar-refractivity contribution in [2.45, 2.75) is 6.42 Å². The normalized spacial score (nSPS) is 10.4. The van der Waals surface area contributed by atoms with E-state index in [2.05, 4.69) is 4.98 Å². The monoisotopic (exact) mass is 189 g/mol. The molecule has 2 aromatic rings. The zero-order chi connectivity index (χ0) is 9.97. The van der Waals surface area contributed by atoms with Crippen LogP contribution in [0.4, 0.5) is 0 Å². The lowest BCUT2D eigenvalue weighted by molar-refractivity contribution is -0.107. The van der Waals surface area contributed by atoms with Gasteiger partial charge in [0.2, 0.25) is 0 Å². The Hall–Kier alpha value is -1.77. The second-order valence-electron chi connectivity index (χ2n) is 3.05. The summed E-state index contributed by atoms with van der Waals surface area (Å²) >= 11 is 0. The SMILES string of the molecule is COc1[nH]c2ccccc2c1CC=O. The van der Waals surface area contributed by atoms with E-state index in [1.165, 1.54) is 0 Å². The Labute approximate surface area is 81.7 Å². The van der Waals surface area contributed by atoms with Crippen molar-refractivity contribution in [1.82, 2.24) is 4.98 Å². The molecule has 1 aromatic heterocycles. The molecule has 3 heteroatoms. The number of aromatic nitrogens is 1. The highest BCUT2D eigenvalue weighted by Crippen LogP contribution is 2.27. The molecular weight excluding hydrogens is 178 g/mol. The van der Waals surface area contributed by atoms with Crippen LogP contribution in [0.1, 0.15) is 5.56 Å². The molecule has 1 aromatic carbocycles. The molecule has 0 saturated heterocycles. The molecular formula is C11H11NO2. The predicted molar refractivity (Wildman–Crippen MR) is 54.6 cm³/mol. The van der Waals surface area contributed by atoms with Crippen LogP contribution in [0.15, 0.2) is 24.3 Å². The fourth-order valence-electron chi connectivity index (χ4n) is 1.64. The number of methoxy groups -OCH3 is 1. The van der Waals surface area contributed by atoms with Crippen LogP contribution in [0.25, 0.3) is 10.9 Å². The van der Waals surface area contributed by atoms with Crippen LogP contribution in [0.2, 0.25) is 0 Å². The summed E-state index contributed by atoms with van der Waals surface area (Å²) in [6.45, 7) is 0. The lowest BCUT2D eigenvalue weighted by Gasteiger charge is -1.97. The van der Waals surface area contributed by atoms with Gasteiger partial charge < -0.3 is 14.5 Å². The number of aromatic amines is 1. The third kappa shape index (κ3) is 1.27. The van der Waals surface area contributed by atoms with Gasteiger partial charge >= 0.3 is 0 Å². The molecule has 0 bridgehead atoms. The highest BCUT2D eigenvalue weighted by atomic mass is 16.5. The van der Waals surface area contributed by atoms with Gasteiger partial charge in [-0.05, 0) is 6.07 Å². The smallest absolute Gasteiger partial charge is 0.195 e. The van der Waals surface area contributed by atoms with Crippen molar-refractivity contribution in [3.8, 4) is 5.88 Å². The summed E-state index contributed by atoms with van der Waals surface area (Å²) in [6, 6.07) is 7.84. The lowest BCUT2D eigenvalue weighted by Crippen LogP contribution is -1.90. The maximum Gasteiger partial charge on any atom is 0.195 e. The Morgan fingerprint density at radius 2 is 2.21 bits per heavy atom. The van der Waals surface area contributed by atoms with Gasteiger partial charge in [-0.25, -0.2) is 0 Å². The zero-order valence-corrected chi connectivity index (χ0v) is 7.91. The Morgan fingerprint density at radius 1 is 1.43 bits per heavy atom. The molecule has 0 spiro atoms. The number of ether oxygens (including phenoxy) is 1. The summed E-state index contributed by atoms with van der Waals surface area (Å²) < 4.78 is 5.17. The molecule has 0 aliphatic rings. The number of para-hydroxylation sites is 1. The lowest BCUT2D eigenvalue weighted by atomic mass is 10.1. The van der Waals surface area contributed by atoms with E-state index < -0.39 is 0 Å². The summed E-state index contributed by atoms with van der Waals surface area (Å²) in [4.78, 5) is 13.6. The van der Waals surface area contributed by atoms with E-state index in [-0.39, 0.29) is 0 Å². The first-order valence-electron chi connectivity index (χ1n) is 4.44. The van der Waals surface area contributed by atoms with Gasteiger partial charge in [0.05, 0.1) is 7.11 Å². The van der Waals surface area contributed by atoms with Crippen molar-refractivity contribution in [2.75, 3.05) is 7.11 Å². The molecule has 0 amide bonds. The maximum absolute atomic E-state index is 10.5. The molecule has 0 unspecified atom stereocenters. The second-order valence-corrected chi connectivity index (χ2v) is 3.05. The minimum Gasteiger partial charge on any atom is -0.482 e. The second kappa shape index (κ2) is 3.54. The van der Waals surface area contributed by atoms with E-state index in [1.54, 1.807) is 7.11 Å². The molecule has 72 valence electrons. The van der Waals surface area contributed by atoms with Crippen molar-refractivity contribution in [3.63, 3.8) is 0 Å². The molecule has 0 aliphatic carbocycles. The van der Waals surface area contributed by atoms with Gasteiger partial charge in [0, 0.05) is 22.9 Å². The molecule has 0 radical (unpaired) electrons. The molecule has 14 heavy (non-hydrogen) atoms. The van der Waals surface area contributed by atoms with Crippen LogP contribution < -0.4 is 4.74 Å². The molecule has 0 aliphatic heterocycles. The van der Waals surface area contributed by atoms with Gasteiger partial charge in [-0.15, -0.1) is 0 Å². The van der Waals surface area contributed by atoms with Crippen molar-refractivity contribution in [3.05, 3.63) is 29.8 Å². The molecule has 2 rings (SSSR count). The topological polar surface area (TPSA) is 42.1 Å². The van der Waals surface area contributed by atoms with Gasteiger partial charge in [0.15, 0.2) is 5.88 Å². The highest BCUT2D eigenvalue weighted by molar-refractivity contribution is 5.87. The van der Waals surface area contributed by atoms with Gasteiger partial charge in [-0.1, -0.05) is 18.2 Å². The number of carbonyl (C=O) groups is 1. The van der Waals surface area contributed by atoms with Crippen LogP contribution >= 0.6 is 0 Å². The Kier molecular flexibility index (Phi) is 2.23. The fourth-order valence-corrected chi connectivity index (χ4v) is 1.64. The number of benzene rings is 1. The van der Waals surface area contributed by atoms with Crippen LogP contribution in [0, 0.1) is 0 Å². The Morgan fingerprint density at radius 3 is 2.93 bits per heavy atom. The standard InChI is InChI=1S/C11H11NO2/c1-14-11-9(6-7-13)8-4-2-3-5-10(8)12-11/h2-5,7,12H,6H2,1H3. The summed E-state index contributed by atoms with van der Waals surface area (Å²) in [5.41, 5.74) is 1.93. The Balaban J connectivity index is 2.67. The van der Waals surface area contributed by atoms with Gasteiger partial charge in [-0.3, -0.25) is 0 Å². The number of hydrogen-bond donors (Lipinski definition) is 1. The third-order valence-electron chi connectivity index (χ3n) is 2.27. The molecule has 0 fully saturated rings. The van der Waals surface area contributed by atoms with Crippen molar-refractivity contribution >= 4 is 17.2 Å². The third-order valence-corrected chi connectivity index (χ3v) is 2.27. The van der Waals surface area contributed by atoms with Gasteiger partial charge in [0.25, 0.3) is 0 Å². The number of H-pyrrole nitrogens is 1. The van der Waals surface area contributed by atoms with Gasteiger partial charge in [0.1, 0.15) is 6.29 Å². The first-order chi connectivity index (χ1) is 6.86. The average Bonchev–Trinajstić information content (AvgIpc) is 2.58. The van der Waals surface area contributed by atoms with E-state index in [0.717, 1.165) is 22.8 Å². The first kappa shape index (κ1) is 8.81. The minimum atomic E-state index is 0.382. The van der Waals surface area contributed by atoms with Crippen molar-refractivity contribution < 1.29 is 9.53 Å². The number of hydrogen-bond acceptors (Lipinski definition) is 2. The summed E-state index contributed by atoms with van der Waals surface area (Å²) in [7, 11) is 1.60. The van der Waals surface area contributed by atoms with Crippen molar-refractivity contribution in [1.29, 1.82) is 0 Å². The summed E-state index contributed by atoms with van der Waals surface area (Å²) in [5.74, 6) is 0.679. The number of carbonyl (C=O) groups excluding carboxylic acids is 1. The Bertz CT molecular complexity index is 459. The average molecular weight is 189 g/mol. The number of aldehydes is 1. The van der Waals surface area contributed by atoms with E-state index >= 15 is 0 Å². The first-order valence-corrected chi connectivity index (χ1v) is 4.44. The number of nitrogens with one attached hydrogen (secondary N) is 1. The summed E-state index contributed by atoms with van der Waals surface area (Å²) in [5, 5.41) is 1.05. The zero-order valence-electron chi connectivity index (χ0n) is 7.91. The van der Waals surface area contributed by atoms with E-state index in [9.17, 15) is 4.79 Å². The van der Waals surface area contributed by atoms with Crippen LogP contribution in [0.5, 0.6) is 5.88 Å². The predicted octanol–water partition coefficient (Wildman–Crippen LogP) is 1.92. The summed E-state index contributed by atoms with van der Waals surface area (Å²) in [6.07, 6.45) is 1.27. The minimum absolute atomic E-state index is 0.382. The van der Waals surface area contributed by atoms with Crippen LogP contribution in [-0.4, -0.2) is 18.4 Å². The largest absolute Gasteiger partial charge is 0.482 e. The fraction of sp³-hybridized carbons (Fsp3) is 0.182. The quantitative estimate of drug-likeness (QED) is 0.749. The van der Waals surface area contributed by atoms with E-state index in [4.69, 9.17) is 4.74 Å². The van der Waals surface area contributed by atoms with Crippen molar-refractivity contribution in [2.24, 2.45) is 0 Å². The molecule has 3 nitrogen and oxygen atoms in total. The van der Waals surface area contributed by atoms with Crippen LogP contribution in [0.3, 0.4) is 0 Å². The highest BCUT2D eigenvalue weighted by Gasteiger charge is 2.10. The maximum atomic E-state index is 10.5. The van der Waals surface area contributed by atoms with Crippen LogP contribution in [-0.2, 0) is 11.2 Å². The number of rotatable bonds is 3. The molecule has 1 N–H and O–H groups in total. The molecule has 0 saturated carbocycles. The molecule has 0 atom stereocenters.